The van der Waals surface area contributed by atoms with E-state index in [2.05, 4.69) is 15.2 Å². The Morgan fingerprint density at radius 2 is 1.86 bits per heavy atom. The monoisotopic (exact) mass is 334 g/mol. The fourth-order valence-corrected chi connectivity index (χ4v) is 2.37. The lowest BCUT2D eigenvalue weighted by Gasteiger charge is -1.93. The van der Waals surface area contributed by atoms with Crippen molar-refractivity contribution in [3.8, 4) is 11.4 Å². The van der Waals surface area contributed by atoms with Crippen LogP contribution >= 0.6 is 23.2 Å². The molecule has 0 atom stereocenters. The van der Waals surface area contributed by atoms with E-state index >= 15 is 0 Å². The molecule has 0 saturated heterocycles. The van der Waals surface area contributed by atoms with Gasteiger partial charge in [-0.1, -0.05) is 28.4 Å². The third-order valence-corrected chi connectivity index (χ3v) is 3.83. The molecule has 112 valence electrons. The van der Waals surface area contributed by atoms with Crippen LogP contribution in [0.1, 0.15) is 17.1 Å². The normalized spacial score (nSPS) is 11.5. The number of rotatable bonds is 3. The second kappa shape index (κ2) is 5.94. The van der Waals surface area contributed by atoms with Crippen molar-refractivity contribution in [3.05, 3.63) is 51.6 Å². The molecule has 0 fully saturated rings. The molecule has 3 rings (SSSR count). The highest BCUT2D eigenvalue weighted by atomic mass is 35.5. The van der Waals surface area contributed by atoms with Gasteiger partial charge in [-0.2, -0.15) is 10.1 Å². The first-order valence-corrected chi connectivity index (χ1v) is 7.27. The van der Waals surface area contributed by atoms with Crippen molar-refractivity contribution in [1.29, 1.82) is 0 Å². The van der Waals surface area contributed by atoms with Gasteiger partial charge in [0.25, 0.3) is 5.89 Å². The molecule has 0 spiro atoms. The van der Waals surface area contributed by atoms with Crippen molar-refractivity contribution in [2.75, 3.05) is 0 Å². The molecule has 0 N–H and O–H groups in total. The highest BCUT2D eigenvalue weighted by Crippen LogP contribution is 2.22. The summed E-state index contributed by atoms with van der Waals surface area (Å²) in [6.45, 7) is 1.89. The first-order chi connectivity index (χ1) is 10.5. The van der Waals surface area contributed by atoms with E-state index in [0.717, 1.165) is 16.8 Å². The molecule has 5 nitrogen and oxygen atoms in total. The van der Waals surface area contributed by atoms with Crippen molar-refractivity contribution in [1.82, 2.24) is 19.9 Å². The van der Waals surface area contributed by atoms with Crippen LogP contribution in [0.25, 0.3) is 23.5 Å². The van der Waals surface area contributed by atoms with E-state index in [1.807, 2.05) is 25.1 Å². The van der Waals surface area contributed by atoms with Crippen LogP contribution in [0.5, 0.6) is 0 Å². The molecule has 7 heteroatoms. The predicted molar refractivity (Wildman–Crippen MR) is 86.6 cm³/mol. The molecule has 0 amide bonds. The molecule has 2 aromatic heterocycles. The van der Waals surface area contributed by atoms with Gasteiger partial charge in [0, 0.05) is 29.3 Å². The van der Waals surface area contributed by atoms with E-state index in [4.69, 9.17) is 27.7 Å². The number of hydrogen-bond acceptors (Lipinski definition) is 4. The maximum atomic E-state index is 6.17. The van der Waals surface area contributed by atoms with Crippen LogP contribution in [0, 0.1) is 6.92 Å². The molecular weight excluding hydrogens is 323 g/mol. The average molecular weight is 335 g/mol. The summed E-state index contributed by atoms with van der Waals surface area (Å²) in [5.74, 6) is 0.898. The minimum atomic E-state index is 0.393. The van der Waals surface area contributed by atoms with Crippen LogP contribution in [0.15, 0.2) is 28.8 Å². The van der Waals surface area contributed by atoms with E-state index in [1.165, 1.54) is 0 Å². The Bertz CT molecular complexity index is 834. The summed E-state index contributed by atoms with van der Waals surface area (Å²) < 4.78 is 6.82. The standard InChI is InChI=1S/C15H12Cl2N4O/c1-9-12(14(17)21(2)19-9)7-8-13-18-15(20-22-13)10-3-5-11(16)6-4-10/h3-8H,1-2H3/b8-7+. The van der Waals surface area contributed by atoms with Gasteiger partial charge in [-0.15, -0.1) is 0 Å². The predicted octanol–water partition coefficient (Wildman–Crippen LogP) is 4.26. The molecule has 22 heavy (non-hydrogen) atoms. The van der Waals surface area contributed by atoms with Crippen molar-refractivity contribution in [2.45, 2.75) is 6.92 Å². The quantitative estimate of drug-likeness (QED) is 0.718. The van der Waals surface area contributed by atoms with Crippen molar-refractivity contribution >= 4 is 35.4 Å². The molecule has 0 aliphatic carbocycles. The summed E-state index contributed by atoms with van der Waals surface area (Å²) in [6.07, 6.45) is 3.52. The fraction of sp³-hybridized carbons (Fsp3) is 0.133. The molecule has 0 radical (unpaired) electrons. The first kappa shape index (κ1) is 14.8. The second-order valence-corrected chi connectivity index (χ2v) is 5.50. The SMILES string of the molecule is Cc1nn(C)c(Cl)c1/C=C/c1nc(-c2ccc(Cl)cc2)no1. The minimum Gasteiger partial charge on any atom is -0.334 e. The lowest BCUT2D eigenvalue weighted by molar-refractivity contribution is 0.411. The van der Waals surface area contributed by atoms with Gasteiger partial charge in [0.15, 0.2) is 0 Å². The van der Waals surface area contributed by atoms with Gasteiger partial charge in [-0.25, -0.2) is 0 Å². The van der Waals surface area contributed by atoms with Crippen molar-refractivity contribution < 1.29 is 4.52 Å². The summed E-state index contributed by atoms with van der Waals surface area (Å²) in [6, 6.07) is 7.23. The van der Waals surface area contributed by atoms with Crippen LogP contribution in [-0.2, 0) is 7.05 Å². The Labute approximate surface area is 137 Å². The number of nitrogens with zero attached hydrogens (tertiary/aromatic N) is 4. The largest absolute Gasteiger partial charge is 0.334 e. The molecular formula is C15H12Cl2N4O. The maximum Gasteiger partial charge on any atom is 0.250 e. The van der Waals surface area contributed by atoms with Gasteiger partial charge < -0.3 is 4.52 Å². The van der Waals surface area contributed by atoms with E-state index < -0.39 is 0 Å². The molecule has 0 aliphatic rings. The van der Waals surface area contributed by atoms with Crippen LogP contribution in [0.2, 0.25) is 10.2 Å². The number of aryl methyl sites for hydroxylation is 2. The topological polar surface area (TPSA) is 56.7 Å². The lowest BCUT2D eigenvalue weighted by Crippen LogP contribution is -1.88. The van der Waals surface area contributed by atoms with Crippen LogP contribution in [-0.4, -0.2) is 19.9 Å². The van der Waals surface area contributed by atoms with Crippen molar-refractivity contribution in [3.63, 3.8) is 0 Å². The molecule has 0 unspecified atom stereocenters. The Morgan fingerprint density at radius 1 is 1.14 bits per heavy atom. The second-order valence-electron chi connectivity index (χ2n) is 4.71. The number of aromatic nitrogens is 4. The zero-order valence-corrected chi connectivity index (χ0v) is 13.4. The van der Waals surface area contributed by atoms with Gasteiger partial charge in [-0.05, 0) is 37.3 Å². The highest BCUT2D eigenvalue weighted by molar-refractivity contribution is 6.31. The van der Waals surface area contributed by atoms with Crippen LogP contribution in [0.3, 0.4) is 0 Å². The van der Waals surface area contributed by atoms with Gasteiger partial charge in [0.2, 0.25) is 5.82 Å². The Morgan fingerprint density at radius 3 is 2.50 bits per heavy atom. The van der Waals surface area contributed by atoms with E-state index in [-0.39, 0.29) is 0 Å². The lowest BCUT2D eigenvalue weighted by atomic mass is 10.2. The summed E-state index contributed by atoms with van der Waals surface area (Å²) in [5, 5.41) is 9.40. The smallest absolute Gasteiger partial charge is 0.250 e. The highest BCUT2D eigenvalue weighted by Gasteiger charge is 2.10. The van der Waals surface area contributed by atoms with E-state index in [9.17, 15) is 0 Å². The minimum absolute atomic E-state index is 0.393. The third kappa shape index (κ3) is 2.91. The Kier molecular flexibility index (Phi) is 4.00. The molecule has 0 bridgehead atoms. The van der Waals surface area contributed by atoms with E-state index in [1.54, 1.807) is 29.9 Å². The Hall–Kier alpha value is -2.11. The number of halogens is 2. The summed E-state index contributed by atoms with van der Waals surface area (Å²) in [4.78, 5) is 4.31. The number of hydrogen-bond donors (Lipinski definition) is 0. The maximum absolute atomic E-state index is 6.17. The van der Waals surface area contributed by atoms with Crippen molar-refractivity contribution in [2.24, 2.45) is 7.05 Å². The molecule has 0 aliphatic heterocycles. The molecule has 0 saturated carbocycles. The van der Waals surface area contributed by atoms with Gasteiger partial charge in [0.1, 0.15) is 5.15 Å². The molecule has 3 aromatic rings. The average Bonchev–Trinajstić information content (AvgIpc) is 3.05. The van der Waals surface area contributed by atoms with Gasteiger partial charge in [0.05, 0.1) is 5.69 Å². The summed E-state index contributed by atoms with van der Waals surface area (Å²) in [7, 11) is 1.79. The zero-order chi connectivity index (χ0) is 15.7. The number of benzene rings is 1. The summed E-state index contributed by atoms with van der Waals surface area (Å²) in [5.41, 5.74) is 2.50. The first-order valence-electron chi connectivity index (χ1n) is 6.51. The van der Waals surface area contributed by atoms with Crippen LogP contribution < -0.4 is 0 Å². The molecule has 1 aromatic carbocycles. The molecule has 2 heterocycles. The Balaban J connectivity index is 1.85. The van der Waals surface area contributed by atoms with E-state index in [0.29, 0.717) is 21.9 Å². The fourth-order valence-electron chi connectivity index (χ4n) is 2.01. The summed E-state index contributed by atoms with van der Waals surface area (Å²) >= 11 is 12.0. The third-order valence-electron chi connectivity index (χ3n) is 3.13. The van der Waals surface area contributed by atoms with Gasteiger partial charge >= 0.3 is 0 Å². The van der Waals surface area contributed by atoms with Crippen LogP contribution in [0.4, 0.5) is 0 Å². The van der Waals surface area contributed by atoms with Gasteiger partial charge in [-0.3, -0.25) is 4.68 Å². The zero-order valence-electron chi connectivity index (χ0n) is 11.9.